The van der Waals surface area contributed by atoms with Gasteiger partial charge in [-0.1, -0.05) is 0 Å². The fourth-order valence-electron chi connectivity index (χ4n) is 1.61. The van der Waals surface area contributed by atoms with E-state index in [4.69, 9.17) is 20.2 Å². The van der Waals surface area contributed by atoms with Gasteiger partial charge in [0.15, 0.2) is 0 Å². The smallest absolute Gasteiger partial charge is 0.261 e. The lowest BCUT2D eigenvalue weighted by atomic mass is 10.3. The monoisotopic (exact) mass is 390 g/mol. The Hall–Kier alpha value is -1.24. The predicted octanol–water partition coefficient (Wildman–Crippen LogP) is 4.57. The van der Waals surface area contributed by atoms with E-state index >= 15 is 0 Å². The molecule has 0 saturated heterocycles. The van der Waals surface area contributed by atoms with Crippen molar-refractivity contribution in [2.75, 3.05) is 6.61 Å². The first-order valence-corrected chi connectivity index (χ1v) is 9.15. The van der Waals surface area contributed by atoms with E-state index in [2.05, 4.69) is 15.9 Å². The Balaban J connectivity index is 2.20. The van der Waals surface area contributed by atoms with Gasteiger partial charge in [0.1, 0.15) is 17.2 Å². The largest absolute Gasteiger partial charge is 0.494 e. The van der Waals surface area contributed by atoms with Crippen LogP contribution in [0, 0.1) is 0 Å². The third-order valence-corrected chi connectivity index (χ3v) is 4.52. The Morgan fingerprint density at radius 1 is 1.10 bits per heavy atom. The van der Waals surface area contributed by atoms with Crippen LogP contribution >= 0.6 is 26.6 Å². The van der Waals surface area contributed by atoms with Gasteiger partial charge in [-0.3, -0.25) is 0 Å². The van der Waals surface area contributed by atoms with Gasteiger partial charge < -0.3 is 9.47 Å². The summed E-state index contributed by atoms with van der Waals surface area (Å²) in [5.41, 5.74) is 0. The van der Waals surface area contributed by atoms with E-state index in [1.165, 1.54) is 18.2 Å². The number of ether oxygens (including phenoxy) is 2. The van der Waals surface area contributed by atoms with Crippen LogP contribution in [0.15, 0.2) is 51.8 Å². The van der Waals surface area contributed by atoms with Crippen molar-refractivity contribution in [1.82, 2.24) is 0 Å². The molecule has 2 aromatic carbocycles. The Morgan fingerprint density at radius 3 is 2.24 bits per heavy atom. The summed E-state index contributed by atoms with van der Waals surface area (Å²) in [7, 11) is 1.53. The topological polar surface area (TPSA) is 52.6 Å². The molecule has 0 aliphatic rings. The van der Waals surface area contributed by atoms with Gasteiger partial charge in [-0.2, -0.15) is 0 Å². The third kappa shape index (κ3) is 4.36. The Kier molecular flexibility index (Phi) is 5.13. The minimum Gasteiger partial charge on any atom is -0.494 e. The Labute approximate surface area is 136 Å². The van der Waals surface area contributed by atoms with E-state index in [0.29, 0.717) is 22.6 Å². The second kappa shape index (κ2) is 6.68. The number of hydrogen-bond acceptors (Lipinski definition) is 4. The van der Waals surface area contributed by atoms with Gasteiger partial charge in [0, 0.05) is 10.7 Å². The molecule has 4 nitrogen and oxygen atoms in total. The highest BCUT2D eigenvalue weighted by atomic mass is 79.9. The molecule has 0 bridgehead atoms. The van der Waals surface area contributed by atoms with E-state index in [1.54, 1.807) is 24.3 Å². The SMILES string of the molecule is CCOc1ccc(Oc2ccc(S(=O)(=O)Cl)cc2Br)cc1. The molecule has 0 saturated carbocycles. The first-order chi connectivity index (χ1) is 9.90. The molecule has 0 amide bonds. The van der Waals surface area contributed by atoms with Crippen LogP contribution < -0.4 is 9.47 Å². The molecular formula is C14H12BrClO4S. The number of benzene rings is 2. The molecule has 0 aliphatic carbocycles. The lowest BCUT2D eigenvalue weighted by Crippen LogP contribution is -1.93. The molecule has 0 radical (unpaired) electrons. The van der Waals surface area contributed by atoms with Crippen molar-refractivity contribution >= 4 is 35.7 Å². The maximum absolute atomic E-state index is 11.2. The average Bonchev–Trinajstić information content (AvgIpc) is 2.42. The van der Waals surface area contributed by atoms with E-state index in [1.807, 2.05) is 6.92 Å². The Morgan fingerprint density at radius 2 is 1.71 bits per heavy atom. The van der Waals surface area contributed by atoms with Crippen LogP contribution in [0.2, 0.25) is 0 Å². The van der Waals surface area contributed by atoms with Gasteiger partial charge in [0.05, 0.1) is 16.0 Å². The molecule has 2 rings (SSSR count). The van der Waals surface area contributed by atoms with Gasteiger partial charge in [0.25, 0.3) is 9.05 Å². The number of hydrogen-bond donors (Lipinski definition) is 0. The second-order valence-electron chi connectivity index (χ2n) is 4.04. The summed E-state index contributed by atoms with van der Waals surface area (Å²) in [5, 5.41) is 0. The van der Waals surface area contributed by atoms with Gasteiger partial charge in [-0.25, -0.2) is 8.42 Å². The molecule has 112 valence electrons. The molecule has 0 fully saturated rings. The molecule has 21 heavy (non-hydrogen) atoms. The number of rotatable bonds is 5. The van der Waals surface area contributed by atoms with Gasteiger partial charge in [-0.15, -0.1) is 0 Å². The molecule has 2 aromatic rings. The summed E-state index contributed by atoms with van der Waals surface area (Å²) in [6.45, 7) is 2.51. The molecular weight excluding hydrogens is 380 g/mol. The van der Waals surface area contributed by atoms with E-state index in [0.717, 1.165) is 5.75 Å². The summed E-state index contributed by atoms with van der Waals surface area (Å²) >= 11 is 3.26. The normalized spacial score (nSPS) is 11.2. The molecule has 0 aromatic heterocycles. The molecule has 7 heteroatoms. The lowest BCUT2D eigenvalue weighted by molar-refractivity contribution is 0.339. The molecule has 0 atom stereocenters. The molecule has 0 unspecified atom stereocenters. The van der Waals surface area contributed by atoms with Gasteiger partial charge >= 0.3 is 0 Å². The zero-order valence-electron chi connectivity index (χ0n) is 11.0. The van der Waals surface area contributed by atoms with Crippen molar-refractivity contribution in [2.45, 2.75) is 11.8 Å². The van der Waals surface area contributed by atoms with E-state index in [-0.39, 0.29) is 4.90 Å². The van der Waals surface area contributed by atoms with Crippen molar-refractivity contribution in [3.63, 3.8) is 0 Å². The standard InChI is InChI=1S/C14H12BrClO4S/c1-2-19-10-3-5-11(6-4-10)20-14-8-7-12(9-13(14)15)21(16,17)18/h3-9H,2H2,1H3. The fourth-order valence-corrected chi connectivity index (χ4v) is 3.00. The highest BCUT2D eigenvalue weighted by Gasteiger charge is 2.13. The van der Waals surface area contributed by atoms with Gasteiger partial charge in [-0.05, 0) is 65.3 Å². The van der Waals surface area contributed by atoms with Crippen LogP contribution in [-0.4, -0.2) is 15.0 Å². The first-order valence-electron chi connectivity index (χ1n) is 6.05. The van der Waals surface area contributed by atoms with Crippen molar-refractivity contribution in [1.29, 1.82) is 0 Å². The van der Waals surface area contributed by atoms with Crippen molar-refractivity contribution < 1.29 is 17.9 Å². The van der Waals surface area contributed by atoms with Crippen LogP contribution in [0.25, 0.3) is 0 Å². The van der Waals surface area contributed by atoms with E-state index < -0.39 is 9.05 Å². The average molecular weight is 392 g/mol. The number of halogens is 2. The molecule has 0 heterocycles. The second-order valence-corrected chi connectivity index (χ2v) is 7.46. The first kappa shape index (κ1) is 16.1. The molecule has 0 aliphatic heterocycles. The summed E-state index contributed by atoms with van der Waals surface area (Å²) in [4.78, 5) is 0.00934. The van der Waals surface area contributed by atoms with E-state index in [9.17, 15) is 8.42 Å². The van der Waals surface area contributed by atoms with Crippen LogP contribution in [0.3, 0.4) is 0 Å². The van der Waals surface area contributed by atoms with Crippen LogP contribution in [-0.2, 0) is 9.05 Å². The lowest BCUT2D eigenvalue weighted by Gasteiger charge is -2.09. The van der Waals surface area contributed by atoms with Crippen LogP contribution in [0.5, 0.6) is 17.2 Å². The zero-order chi connectivity index (χ0) is 15.5. The summed E-state index contributed by atoms with van der Waals surface area (Å²) in [6, 6.07) is 11.4. The fraction of sp³-hybridized carbons (Fsp3) is 0.143. The predicted molar refractivity (Wildman–Crippen MR) is 84.9 cm³/mol. The summed E-state index contributed by atoms with van der Waals surface area (Å²) in [5.74, 6) is 1.86. The van der Waals surface area contributed by atoms with Crippen LogP contribution in [0.1, 0.15) is 6.92 Å². The zero-order valence-corrected chi connectivity index (χ0v) is 14.2. The minimum atomic E-state index is -3.76. The Bertz CT molecular complexity index is 729. The minimum absolute atomic E-state index is 0.00934. The highest BCUT2D eigenvalue weighted by molar-refractivity contribution is 9.10. The maximum Gasteiger partial charge on any atom is 0.261 e. The quantitative estimate of drug-likeness (QED) is 0.701. The van der Waals surface area contributed by atoms with Crippen molar-refractivity contribution in [2.24, 2.45) is 0 Å². The maximum atomic E-state index is 11.2. The third-order valence-electron chi connectivity index (χ3n) is 2.55. The summed E-state index contributed by atoms with van der Waals surface area (Å²) < 4.78 is 34.0. The summed E-state index contributed by atoms with van der Waals surface area (Å²) in [6.07, 6.45) is 0. The van der Waals surface area contributed by atoms with Gasteiger partial charge in [0.2, 0.25) is 0 Å². The molecule has 0 spiro atoms. The van der Waals surface area contributed by atoms with Crippen molar-refractivity contribution in [3.8, 4) is 17.2 Å². The van der Waals surface area contributed by atoms with Crippen molar-refractivity contribution in [3.05, 3.63) is 46.9 Å². The van der Waals surface area contributed by atoms with Crippen LogP contribution in [0.4, 0.5) is 0 Å². The highest BCUT2D eigenvalue weighted by Crippen LogP contribution is 2.33. The molecule has 0 N–H and O–H groups in total.